The maximum Gasteiger partial charge on any atom is 0.331 e. The first kappa shape index (κ1) is 6.80. The van der Waals surface area contributed by atoms with Crippen molar-refractivity contribution in [2.24, 2.45) is 4.99 Å². The van der Waals surface area contributed by atoms with Crippen LogP contribution in [0.4, 0.5) is 0 Å². The molecule has 0 aliphatic carbocycles. The smallest absolute Gasteiger partial charge is 0.331 e. The lowest BCUT2D eigenvalue weighted by Crippen LogP contribution is -2.37. The summed E-state index contributed by atoms with van der Waals surface area (Å²) in [6, 6.07) is -0.606. The van der Waals surface area contributed by atoms with E-state index in [1.807, 2.05) is 0 Å². The number of carboxylic acids is 1. The molecule has 4 heteroatoms. The molecular weight excluding hydrogens is 132 g/mol. The van der Waals surface area contributed by atoms with E-state index in [1.54, 1.807) is 24.3 Å². The van der Waals surface area contributed by atoms with Gasteiger partial charge in [0.2, 0.25) is 0 Å². The number of rotatable bonds is 1. The third-order valence-electron chi connectivity index (χ3n) is 1.31. The molecule has 1 N–H and O–H groups in total. The van der Waals surface area contributed by atoms with Crippen LogP contribution in [0.25, 0.3) is 0 Å². The van der Waals surface area contributed by atoms with Gasteiger partial charge in [0.15, 0.2) is 6.04 Å². The summed E-state index contributed by atoms with van der Waals surface area (Å²) in [6.45, 7) is 0. The standard InChI is InChI=1S/C6H8N2O2/c1-8-3-2-7-4-5(8)6(9)10/h2-5H,1H3,(H,9,10). The van der Waals surface area contributed by atoms with Crippen LogP contribution in [0.1, 0.15) is 0 Å². The van der Waals surface area contributed by atoms with E-state index in [9.17, 15) is 4.79 Å². The molecule has 0 aromatic rings. The van der Waals surface area contributed by atoms with Crippen LogP contribution in [-0.4, -0.2) is 35.3 Å². The lowest BCUT2D eigenvalue weighted by Gasteiger charge is -2.20. The van der Waals surface area contributed by atoms with Gasteiger partial charge in [0.05, 0.1) is 0 Å². The van der Waals surface area contributed by atoms with E-state index >= 15 is 0 Å². The van der Waals surface area contributed by atoms with Crippen LogP contribution in [0.2, 0.25) is 0 Å². The van der Waals surface area contributed by atoms with Gasteiger partial charge >= 0.3 is 5.97 Å². The second-order valence-electron chi connectivity index (χ2n) is 2.04. The summed E-state index contributed by atoms with van der Waals surface area (Å²) in [7, 11) is 1.69. The van der Waals surface area contributed by atoms with Crippen molar-refractivity contribution in [2.45, 2.75) is 6.04 Å². The lowest BCUT2D eigenvalue weighted by atomic mass is 10.3. The van der Waals surface area contributed by atoms with Crippen molar-refractivity contribution in [3.8, 4) is 0 Å². The van der Waals surface area contributed by atoms with Gasteiger partial charge in [-0.15, -0.1) is 0 Å². The van der Waals surface area contributed by atoms with Crippen molar-refractivity contribution in [3.05, 3.63) is 12.4 Å². The van der Waals surface area contributed by atoms with Gasteiger partial charge in [-0.25, -0.2) is 4.79 Å². The fourth-order valence-corrected chi connectivity index (χ4v) is 0.711. The highest BCUT2D eigenvalue weighted by molar-refractivity contribution is 5.93. The largest absolute Gasteiger partial charge is 0.479 e. The predicted octanol–water partition coefficient (Wildman–Crippen LogP) is -0.0730. The van der Waals surface area contributed by atoms with E-state index in [1.165, 1.54) is 6.21 Å². The zero-order chi connectivity index (χ0) is 7.56. The summed E-state index contributed by atoms with van der Waals surface area (Å²) in [4.78, 5) is 15.7. The van der Waals surface area contributed by atoms with Crippen LogP contribution in [0, 0.1) is 0 Å². The Morgan fingerprint density at radius 3 is 2.90 bits per heavy atom. The molecule has 0 saturated heterocycles. The zero-order valence-corrected chi connectivity index (χ0v) is 5.56. The second kappa shape index (κ2) is 2.51. The van der Waals surface area contributed by atoms with Crippen LogP contribution < -0.4 is 0 Å². The quantitative estimate of drug-likeness (QED) is 0.554. The molecule has 0 fully saturated rings. The van der Waals surface area contributed by atoms with E-state index in [2.05, 4.69) is 4.99 Å². The topological polar surface area (TPSA) is 52.9 Å². The van der Waals surface area contributed by atoms with E-state index in [4.69, 9.17) is 5.11 Å². The van der Waals surface area contributed by atoms with Crippen molar-refractivity contribution >= 4 is 12.2 Å². The van der Waals surface area contributed by atoms with E-state index in [-0.39, 0.29) is 0 Å². The number of aliphatic carboxylic acids is 1. The molecule has 1 aliphatic rings. The molecule has 1 heterocycles. The van der Waals surface area contributed by atoms with Gasteiger partial charge < -0.3 is 10.0 Å². The highest BCUT2D eigenvalue weighted by atomic mass is 16.4. The number of hydrogen-bond acceptors (Lipinski definition) is 3. The molecule has 1 aliphatic heterocycles. The first-order valence-electron chi connectivity index (χ1n) is 2.86. The van der Waals surface area contributed by atoms with Crippen molar-refractivity contribution < 1.29 is 9.90 Å². The minimum Gasteiger partial charge on any atom is -0.479 e. The molecular formula is C6H8N2O2. The number of carboxylic acid groups (broad SMARTS) is 1. The number of hydrogen-bond donors (Lipinski definition) is 1. The molecule has 0 radical (unpaired) electrons. The summed E-state index contributed by atoms with van der Waals surface area (Å²) in [5.41, 5.74) is 0. The Kier molecular flexibility index (Phi) is 1.71. The van der Waals surface area contributed by atoms with Crippen LogP contribution >= 0.6 is 0 Å². The summed E-state index contributed by atoms with van der Waals surface area (Å²) in [5.74, 6) is -0.879. The molecule has 1 atom stereocenters. The minimum absolute atomic E-state index is 0.606. The molecule has 54 valence electrons. The van der Waals surface area contributed by atoms with Gasteiger partial charge in [-0.2, -0.15) is 0 Å². The maximum absolute atomic E-state index is 10.4. The molecule has 0 spiro atoms. The first-order valence-corrected chi connectivity index (χ1v) is 2.86. The molecule has 1 rings (SSSR count). The highest BCUT2D eigenvalue weighted by Gasteiger charge is 2.18. The average Bonchev–Trinajstić information content (AvgIpc) is 1.88. The normalized spacial score (nSPS) is 23.3. The van der Waals surface area contributed by atoms with E-state index < -0.39 is 12.0 Å². The van der Waals surface area contributed by atoms with Crippen LogP contribution in [0.5, 0.6) is 0 Å². The van der Waals surface area contributed by atoms with Crippen molar-refractivity contribution in [3.63, 3.8) is 0 Å². The SMILES string of the molecule is CN1C=CN=CC1C(=O)O. The van der Waals surface area contributed by atoms with Gasteiger partial charge in [-0.05, 0) is 0 Å². The number of nitrogens with zero attached hydrogens (tertiary/aromatic N) is 2. The second-order valence-corrected chi connectivity index (χ2v) is 2.04. The van der Waals surface area contributed by atoms with Crippen LogP contribution in [0.15, 0.2) is 17.4 Å². The maximum atomic E-state index is 10.4. The molecule has 1 unspecified atom stereocenters. The van der Waals surface area contributed by atoms with Crippen molar-refractivity contribution in [1.29, 1.82) is 0 Å². The van der Waals surface area contributed by atoms with Crippen LogP contribution in [0.3, 0.4) is 0 Å². The molecule has 0 amide bonds. The number of likely N-dealkylation sites (N-methyl/N-ethyl adjacent to an activating group) is 1. The monoisotopic (exact) mass is 140 g/mol. The molecule has 0 aromatic carbocycles. The van der Waals surface area contributed by atoms with Crippen molar-refractivity contribution in [1.82, 2.24) is 4.90 Å². The summed E-state index contributed by atoms with van der Waals surface area (Å²) < 4.78 is 0. The summed E-state index contributed by atoms with van der Waals surface area (Å²) in [5, 5.41) is 8.54. The predicted molar refractivity (Wildman–Crippen MR) is 36.8 cm³/mol. The van der Waals surface area contributed by atoms with Gasteiger partial charge in [-0.1, -0.05) is 0 Å². The summed E-state index contributed by atoms with van der Waals surface area (Å²) >= 11 is 0. The Labute approximate surface area is 58.5 Å². The van der Waals surface area contributed by atoms with Gasteiger partial charge in [0, 0.05) is 25.7 Å². The Bertz CT molecular complexity index is 198. The average molecular weight is 140 g/mol. The number of aliphatic imine (C=N–C) groups is 1. The first-order chi connectivity index (χ1) is 4.72. The van der Waals surface area contributed by atoms with E-state index in [0.717, 1.165) is 0 Å². The third-order valence-corrected chi connectivity index (χ3v) is 1.31. The lowest BCUT2D eigenvalue weighted by molar-refractivity contribution is -0.139. The Hall–Kier alpha value is -1.32. The van der Waals surface area contributed by atoms with Gasteiger partial charge in [0.25, 0.3) is 0 Å². The Morgan fingerprint density at radius 1 is 1.80 bits per heavy atom. The molecule has 0 bridgehead atoms. The zero-order valence-electron chi connectivity index (χ0n) is 5.56. The molecule has 0 saturated carbocycles. The van der Waals surface area contributed by atoms with Gasteiger partial charge in [0.1, 0.15) is 0 Å². The Balaban J connectivity index is 2.70. The third kappa shape index (κ3) is 1.15. The van der Waals surface area contributed by atoms with Gasteiger partial charge in [-0.3, -0.25) is 4.99 Å². The Morgan fingerprint density at radius 2 is 2.50 bits per heavy atom. The highest BCUT2D eigenvalue weighted by Crippen LogP contribution is 1.99. The van der Waals surface area contributed by atoms with Crippen molar-refractivity contribution in [2.75, 3.05) is 7.05 Å². The fourth-order valence-electron chi connectivity index (χ4n) is 0.711. The molecule has 10 heavy (non-hydrogen) atoms. The number of carbonyl (C=O) groups is 1. The fraction of sp³-hybridized carbons (Fsp3) is 0.333. The summed E-state index contributed by atoms with van der Waals surface area (Å²) in [6.07, 6.45) is 4.57. The van der Waals surface area contributed by atoms with Crippen LogP contribution in [-0.2, 0) is 4.79 Å². The minimum atomic E-state index is -0.879. The molecule has 0 aromatic heterocycles. The molecule has 4 nitrogen and oxygen atoms in total. The van der Waals surface area contributed by atoms with E-state index in [0.29, 0.717) is 0 Å².